The lowest BCUT2D eigenvalue weighted by atomic mass is 9.93. The van der Waals surface area contributed by atoms with Crippen molar-refractivity contribution in [3.63, 3.8) is 0 Å². The van der Waals surface area contributed by atoms with Crippen molar-refractivity contribution < 1.29 is 9.53 Å². The molecule has 0 bridgehead atoms. The van der Waals surface area contributed by atoms with Crippen molar-refractivity contribution in [3.05, 3.63) is 33.5 Å². The van der Waals surface area contributed by atoms with Gasteiger partial charge in [0.25, 0.3) is 0 Å². The van der Waals surface area contributed by atoms with Gasteiger partial charge in [-0.1, -0.05) is 32.5 Å². The van der Waals surface area contributed by atoms with Crippen LogP contribution in [-0.4, -0.2) is 33.8 Å². The zero-order valence-electron chi connectivity index (χ0n) is 14.9. The molecule has 0 saturated heterocycles. The summed E-state index contributed by atoms with van der Waals surface area (Å²) in [6.45, 7) is 8.16. The second-order valence-electron chi connectivity index (χ2n) is 6.26. The van der Waals surface area contributed by atoms with E-state index >= 15 is 0 Å². The van der Waals surface area contributed by atoms with Crippen LogP contribution in [0.15, 0.2) is 16.7 Å². The van der Waals surface area contributed by atoms with Crippen LogP contribution in [0.4, 0.5) is 0 Å². The molecule has 0 amide bonds. The number of carbonyl (C=O) groups is 1. The monoisotopic (exact) mass is 376 g/mol. The van der Waals surface area contributed by atoms with Crippen molar-refractivity contribution in [3.8, 4) is 6.07 Å². The highest BCUT2D eigenvalue weighted by molar-refractivity contribution is 7.98. The summed E-state index contributed by atoms with van der Waals surface area (Å²) in [5.74, 6) is -1.27. The Bertz CT molecular complexity index is 806. The van der Waals surface area contributed by atoms with Crippen molar-refractivity contribution >= 4 is 29.1 Å². The Morgan fingerprint density at radius 1 is 1.44 bits per heavy atom. The molecular weight excluding hydrogens is 356 g/mol. The summed E-state index contributed by atoms with van der Waals surface area (Å²) in [5, 5.41) is 12.8. The highest BCUT2D eigenvalue weighted by atomic mass is 32.2. The molecule has 0 spiro atoms. The van der Waals surface area contributed by atoms with Crippen LogP contribution < -0.4 is 0 Å². The van der Waals surface area contributed by atoms with Crippen LogP contribution in [0.2, 0.25) is 0 Å². The number of ether oxygens (including phenoxy) is 1. The standard InChI is InChI=1S/C17H20N4O2S2/c1-6-23-15(22)11-8-19-16(24-5)21-13(11)10(7-18)14-20-12(9-25-14)17(2,3)4/h8-10H,6H2,1-5H3. The number of rotatable bonds is 5. The summed E-state index contributed by atoms with van der Waals surface area (Å²) in [7, 11) is 0. The van der Waals surface area contributed by atoms with Gasteiger partial charge in [0.1, 0.15) is 16.5 Å². The smallest absolute Gasteiger partial charge is 0.341 e. The number of thiazole rings is 1. The highest BCUT2D eigenvalue weighted by Gasteiger charge is 2.28. The van der Waals surface area contributed by atoms with E-state index in [1.165, 1.54) is 29.3 Å². The number of nitriles is 1. The molecule has 2 aromatic heterocycles. The van der Waals surface area contributed by atoms with Gasteiger partial charge in [-0.3, -0.25) is 0 Å². The van der Waals surface area contributed by atoms with Gasteiger partial charge in [0.2, 0.25) is 0 Å². The second-order valence-corrected chi connectivity index (χ2v) is 7.92. The maximum atomic E-state index is 12.2. The molecule has 0 aromatic carbocycles. The number of hydrogen-bond donors (Lipinski definition) is 0. The van der Waals surface area contributed by atoms with Gasteiger partial charge in [-0.2, -0.15) is 5.26 Å². The van der Waals surface area contributed by atoms with E-state index in [1.54, 1.807) is 6.92 Å². The van der Waals surface area contributed by atoms with Crippen LogP contribution in [0.1, 0.15) is 60.4 Å². The van der Waals surface area contributed by atoms with E-state index in [9.17, 15) is 10.1 Å². The molecule has 0 aliphatic rings. The minimum atomic E-state index is -0.741. The average Bonchev–Trinajstić information content (AvgIpc) is 3.05. The van der Waals surface area contributed by atoms with Crippen molar-refractivity contribution in [2.45, 2.75) is 44.2 Å². The maximum absolute atomic E-state index is 12.2. The van der Waals surface area contributed by atoms with Crippen LogP contribution in [-0.2, 0) is 10.2 Å². The van der Waals surface area contributed by atoms with Crippen molar-refractivity contribution in [2.24, 2.45) is 0 Å². The fourth-order valence-corrected chi connectivity index (χ4v) is 3.50. The predicted molar refractivity (Wildman–Crippen MR) is 98.0 cm³/mol. The Morgan fingerprint density at radius 2 is 2.16 bits per heavy atom. The number of carbonyl (C=O) groups excluding carboxylic acids is 1. The largest absolute Gasteiger partial charge is 0.462 e. The molecule has 0 radical (unpaired) electrons. The van der Waals surface area contributed by atoms with E-state index < -0.39 is 11.9 Å². The maximum Gasteiger partial charge on any atom is 0.341 e. The molecule has 1 unspecified atom stereocenters. The van der Waals surface area contributed by atoms with E-state index in [1.807, 2.05) is 11.6 Å². The van der Waals surface area contributed by atoms with Gasteiger partial charge in [0, 0.05) is 17.0 Å². The van der Waals surface area contributed by atoms with E-state index in [0.717, 1.165) is 5.69 Å². The third kappa shape index (κ3) is 4.35. The zero-order valence-corrected chi connectivity index (χ0v) is 16.5. The van der Waals surface area contributed by atoms with Gasteiger partial charge >= 0.3 is 5.97 Å². The topological polar surface area (TPSA) is 88.8 Å². The minimum absolute atomic E-state index is 0.116. The lowest BCUT2D eigenvalue weighted by molar-refractivity contribution is 0.0523. The molecule has 0 aliphatic carbocycles. The van der Waals surface area contributed by atoms with Gasteiger partial charge < -0.3 is 4.74 Å². The average molecular weight is 377 g/mol. The number of thioether (sulfide) groups is 1. The minimum Gasteiger partial charge on any atom is -0.462 e. The van der Waals surface area contributed by atoms with E-state index in [0.29, 0.717) is 15.9 Å². The fourth-order valence-electron chi connectivity index (χ4n) is 2.06. The van der Waals surface area contributed by atoms with E-state index in [4.69, 9.17) is 4.74 Å². The van der Waals surface area contributed by atoms with Gasteiger partial charge in [-0.05, 0) is 13.2 Å². The normalized spacial score (nSPS) is 12.5. The van der Waals surface area contributed by atoms with Gasteiger partial charge in [-0.25, -0.2) is 19.7 Å². The molecule has 132 valence electrons. The molecule has 0 fully saturated rings. The van der Waals surface area contributed by atoms with Crippen molar-refractivity contribution in [1.82, 2.24) is 15.0 Å². The summed E-state index contributed by atoms with van der Waals surface area (Å²) in [6, 6.07) is 2.23. The Hall–Kier alpha value is -1.98. The Morgan fingerprint density at radius 3 is 2.68 bits per heavy atom. The molecule has 0 N–H and O–H groups in total. The lowest BCUT2D eigenvalue weighted by Crippen LogP contribution is -2.15. The number of aromatic nitrogens is 3. The number of hydrogen-bond acceptors (Lipinski definition) is 8. The van der Waals surface area contributed by atoms with E-state index in [-0.39, 0.29) is 17.6 Å². The van der Waals surface area contributed by atoms with Crippen LogP contribution in [0, 0.1) is 11.3 Å². The Kier molecular flexibility index (Phi) is 6.14. The first-order chi connectivity index (χ1) is 11.8. The predicted octanol–water partition coefficient (Wildman–Crippen LogP) is 3.78. The lowest BCUT2D eigenvalue weighted by Gasteiger charge is -2.15. The van der Waals surface area contributed by atoms with Gasteiger partial charge in [0.15, 0.2) is 5.16 Å². The van der Waals surface area contributed by atoms with Gasteiger partial charge in [0.05, 0.1) is 24.1 Å². The van der Waals surface area contributed by atoms with Crippen LogP contribution in [0.3, 0.4) is 0 Å². The summed E-state index contributed by atoms with van der Waals surface area (Å²) >= 11 is 2.75. The molecule has 6 nitrogen and oxygen atoms in total. The summed E-state index contributed by atoms with van der Waals surface area (Å²) in [5.41, 5.74) is 1.34. The second kappa shape index (κ2) is 7.93. The molecule has 2 aromatic rings. The molecule has 0 aliphatic heterocycles. The van der Waals surface area contributed by atoms with Crippen LogP contribution >= 0.6 is 23.1 Å². The molecule has 8 heteroatoms. The summed E-state index contributed by atoms with van der Waals surface area (Å²) < 4.78 is 5.08. The SMILES string of the molecule is CCOC(=O)c1cnc(SC)nc1C(C#N)c1nc(C(C)(C)C)cs1. The molecule has 2 heterocycles. The first-order valence-corrected chi connectivity index (χ1v) is 9.85. The highest BCUT2D eigenvalue weighted by Crippen LogP contribution is 2.32. The molecule has 2 rings (SSSR count). The van der Waals surface area contributed by atoms with Crippen molar-refractivity contribution in [1.29, 1.82) is 5.26 Å². The first-order valence-electron chi connectivity index (χ1n) is 7.75. The first kappa shape index (κ1) is 19.3. The molecule has 0 saturated carbocycles. The number of esters is 1. The van der Waals surface area contributed by atoms with Gasteiger partial charge in [-0.15, -0.1) is 11.3 Å². The Balaban J connectivity index is 2.54. The van der Waals surface area contributed by atoms with Crippen molar-refractivity contribution in [2.75, 3.05) is 12.9 Å². The number of nitrogens with zero attached hydrogens (tertiary/aromatic N) is 4. The summed E-state index contributed by atoms with van der Waals surface area (Å²) in [6.07, 6.45) is 3.26. The fraction of sp³-hybridized carbons (Fsp3) is 0.471. The quantitative estimate of drug-likeness (QED) is 0.445. The third-order valence-electron chi connectivity index (χ3n) is 3.41. The zero-order chi connectivity index (χ0) is 18.6. The van der Waals surface area contributed by atoms with Crippen LogP contribution in [0.25, 0.3) is 0 Å². The molecule has 1 atom stereocenters. The Labute approximate surface area is 155 Å². The third-order valence-corrected chi connectivity index (χ3v) is 4.89. The van der Waals surface area contributed by atoms with E-state index in [2.05, 4.69) is 41.8 Å². The summed E-state index contributed by atoms with van der Waals surface area (Å²) in [4.78, 5) is 25.4. The molecular formula is C17H20N4O2S2. The molecule has 25 heavy (non-hydrogen) atoms. The van der Waals surface area contributed by atoms with Crippen LogP contribution in [0.5, 0.6) is 0 Å².